The maximum atomic E-state index is 12.8. The van der Waals surface area contributed by atoms with Gasteiger partial charge in [0.15, 0.2) is 0 Å². The molecule has 0 aliphatic carbocycles. The number of urea groups is 1. The molecule has 0 fully saturated rings. The van der Waals surface area contributed by atoms with E-state index in [1.165, 1.54) is 32.2 Å². The predicted octanol–water partition coefficient (Wildman–Crippen LogP) is 2.94. The van der Waals surface area contributed by atoms with Crippen molar-refractivity contribution in [1.82, 2.24) is 10.6 Å². The number of para-hydroxylation sites is 1. The number of carbonyl (C=O) groups is 3. The van der Waals surface area contributed by atoms with Crippen molar-refractivity contribution in [2.75, 3.05) is 20.3 Å². The summed E-state index contributed by atoms with van der Waals surface area (Å²) < 4.78 is 15.6. The molecule has 0 aromatic heterocycles. The molecule has 3 rings (SSSR count). The summed E-state index contributed by atoms with van der Waals surface area (Å²) in [6, 6.07) is 9.45. The topological polar surface area (TPSA) is 146 Å². The first-order valence-electron chi connectivity index (χ1n) is 10.3. The van der Waals surface area contributed by atoms with Crippen LogP contribution in [0.2, 0.25) is 0 Å². The molecule has 1 aliphatic heterocycles. The van der Waals surface area contributed by atoms with Crippen LogP contribution >= 0.6 is 0 Å². The maximum absolute atomic E-state index is 12.8. The van der Waals surface area contributed by atoms with Gasteiger partial charge in [-0.05, 0) is 37.6 Å². The van der Waals surface area contributed by atoms with E-state index in [0.717, 1.165) is 0 Å². The number of nitrogens with one attached hydrogen (secondary N) is 2. The molecule has 0 radical (unpaired) electrons. The minimum atomic E-state index is -0.972. The lowest BCUT2D eigenvalue weighted by Gasteiger charge is -2.29. The van der Waals surface area contributed by atoms with Crippen molar-refractivity contribution in [1.29, 1.82) is 0 Å². The van der Waals surface area contributed by atoms with Crippen molar-refractivity contribution < 1.29 is 33.5 Å². The number of ether oxygens (including phenoxy) is 3. The first-order chi connectivity index (χ1) is 16.3. The van der Waals surface area contributed by atoms with Crippen molar-refractivity contribution in [2.24, 2.45) is 0 Å². The van der Waals surface area contributed by atoms with Crippen LogP contribution in [-0.4, -0.2) is 43.2 Å². The van der Waals surface area contributed by atoms with E-state index in [4.69, 9.17) is 14.2 Å². The van der Waals surface area contributed by atoms with E-state index in [2.05, 4.69) is 10.6 Å². The third kappa shape index (κ3) is 5.14. The molecule has 34 heavy (non-hydrogen) atoms. The van der Waals surface area contributed by atoms with Gasteiger partial charge in [0.2, 0.25) is 0 Å². The molecule has 0 bridgehead atoms. The second kappa shape index (κ2) is 10.5. The lowest BCUT2D eigenvalue weighted by molar-refractivity contribution is -0.385. The predicted molar refractivity (Wildman–Crippen MR) is 119 cm³/mol. The molecule has 1 unspecified atom stereocenters. The van der Waals surface area contributed by atoms with Gasteiger partial charge in [-0.2, -0.15) is 0 Å². The van der Waals surface area contributed by atoms with Crippen LogP contribution in [0, 0.1) is 17.0 Å². The summed E-state index contributed by atoms with van der Waals surface area (Å²) in [4.78, 5) is 48.6. The third-order valence-electron chi connectivity index (χ3n) is 5.09. The summed E-state index contributed by atoms with van der Waals surface area (Å²) >= 11 is 0. The number of methoxy groups -OCH3 is 1. The van der Waals surface area contributed by atoms with E-state index < -0.39 is 35.5 Å². The Labute approximate surface area is 194 Å². The first-order valence-corrected chi connectivity index (χ1v) is 10.3. The fourth-order valence-corrected chi connectivity index (χ4v) is 3.51. The van der Waals surface area contributed by atoms with Crippen molar-refractivity contribution in [3.63, 3.8) is 0 Å². The number of hydrogen-bond donors (Lipinski definition) is 2. The van der Waals surface area contributed by atoms with Crippen LogP contribution in [-0.2, 0) is 14.3 Å². The molecule has 11 heteroatoms. The summed E-state index contributed by atoms with van der Waals surface area (Å²) in [5.74, 6) is -1.11. The number of carbonyl (C=O) groups excluding carboxylic acids is 3. The molecule has 2 aromatic carbocycles. The second-order valence-corrected chi connectivity index (χ2v) is 7.22. The molecular weight excluding hydrogens is 446 g/mol. The standard InChI is InChI=1S/C23H23N3O8/c1-4-33-22(28)18-17(12-34-21(27)16-7-5-6-13(2)20(16)26(30)31)24-23(29)25-19(18)14-8-10-15(32-3)11-9-14/h5-11,19H,4,12H2,1-3H3,(H2,24,25,29). The van der Waals surface area contributed by atoms with Gasteiger partial charge in [-0.1, -0.05) is 24.3 Å². The quantitative estimate of drug-likeness (QED) is 0.341. The maximum Gasteiger partial charge on any atom is 0.345 e. The summed E-state index contributed by atoms with van der Waals surface area (Å²) in [5, 5.41) is 16.5. The summed E-state index contributed by atoms with van der Waals surface area (Å²) in [5.41, 5.74) is 0.287. The highest BCUT2D eigenvalue weighted by molar-refractivity contribution is 5.96. The van der Waals surface area contributed by atoms with Crippen LogP contribution in [0.1, 0.15) is 34.5 Å². The van der Waals surface area contributed by atoms with Gasteiger partial charge < -0.3 is 24.8 Å². The van der Waals surface area contributed by atoms with Gasteiger partial charge in [-0.25, -0.2) is 14.4 Å². The molecule has 1 heterocycles. The van der Waals surface area contributed by atoms with E-state index >= 15 is 0 Å². The zero-order valence-electron chi connectivity index (χ0n) is 18.7. The van der Waals surface area contributed by atoms with E-state index in [1.807, 2.05) is 0 Å². The summed E-state index contributed by atoms with van der Waals surface area (Å²) in [6.45, 7) is 2.70. The molecule has 2 amide bonds. The van der Waals surface area contributed by atoms with Gasteiger partial charge in [-0.3, -0.25) is 10.1 Å². The van der Waals surface area contributed by atoms with E-state index in [9.17, 15) is 24.5 Å². The lowest BCUT2D eigenvalue weighted by atomic mass is 9.95. The molecule has 2 aromatic rings. The summed E-state index contributed by atoms with van der Waals surface area (Å²) in [7, 11) is 1.51. The van der Waals surface area contributed by atoms with Crippen molar-refractivity contribution in [3.05, 3.63) is 80.5 Å². The van der Waals surface area contributed by atoms with Crippen LogP contribution in [0.4, 0.5) is 10.5 Å². The second-order valence-electron chi connectivity index (χ2n) is 7.22. The number of benzene rings is 2. The fraction of sp³-hybridized carbons (Fsp3) is 0.261. The number of nitro groups is 1. The molecule has 178 valence electrons. The average molecular weight is 469 g/mol. The number of amides is 2. The fourth-order valence-electron chi connectivity index (χ4n) is 3.51. The van der Waals surface area contributed by atoms with E-state index in [-0.39, 0.29) is 29.1 Å². The average Bonchev–Trinajstić information content (AvgIpc) is 2.81. The Kier molecular flexibility index (Phi) is 7.46. The highest BCUT2D eigenvalue weighted by Crippen LogP contribution is 2.30. The minimum Gasteiger partial charge on any atom is -0.497 e. The molecule has 11 nitrogen and oxygen atoms in total. The Hall–Kier alpha value is -4.41. The third-order valence-corrected chi connectivity index (χ3v) is 5.09. The lowest BCUT2D eigenvalue weighted by Crippen LogP contribution is -2.47. The van der Waals surface area contributed by atoms with Crippen LogP contribution in [0.5, 0.6) is 5.75 Å². The van der Waals surface area contributed by atoms with Crippen LogP contribution in [0.25, 0.3) is 0 Å². The largest absolute Gasteiger partial charge is 0.497 e. The highest BCUT2D eigenvalue weighted by atomic mass is 16.6. The molecule has 0 spiro atoms. The van der Waals surface area contributed by atoms with Gasteiger partial charge in [0.05, 0.1) is 36.0 Å². The zero-order valence-corrected chi connectivity index (χ0v) is 18.7. The molecule has 0 saturated carbocycles. The van der Waals surface area contributed by atoms with Crippen LogP contribution in [0.3, 0.4) is 0 Å². The molecular formula is C23H23N3O8. The number of rotatable bonds is 8. The van der Waals surface area contributed by atoms with E-state index in [0.29, 0.717) is 16.9 Å². The first kappa shape index (κ1) is 24.2. The van der Waals surface area contributed by atoms with Crippen molar-refractivity contribution in [3.8, 4) is 5.75 Å². The number of esters is 2. The molecule has 0 saturated heterocycles. The highest BCUT2D eigenvalue weighted by Gasteiger charge is 2.34. The van der Waals surface area contributed by atoms with Crippen molar-refractivity contribution in [2.45, 2.75) is 19.9 Å². The SMILES string of the molecule is CCOC(=O)C1=C(COC(=O)c2cccc(C)c2[N+](=O)[O-])NC(=O)NC1c1ccc(OC)cc1. The van der Waals surface area contributed by atoms with E-state index in [1.54, 1.807) is 31.2 Å². The van der Waals surface area contributed by atoms with Gasteiger partial charge in [0, 0.05) is 5.56 Å². The smallest absolute Gasteiger partial charge is 0.345 e. The Bertz CT molecular complexity index is 1160. The Morgan fingerprint density at radius 3 is 2.41 bits per heavy atom. The molecule has 2 N–H and O–H groups in total. The molecule has 1 atom stereocenters. The number of aryl methyl sites for hydroxylation is 1. The molecule has 1 aliphatic rings. The monoisotopic (exact) mass is 469 g/mol. The van der Waals surface area contributed by atoms with Crippen LogP contribution < -0.4 is 15.4 Å². The zero-order chi connectivity index (χ0) is 24.8. The number of hydrogen-bond acceptors (Lipinski definition) is 8. The van der Waals surface area contributed by atoms with Crippen molar-refractivity contribution >= 4 is 23.7 Å². The van der Waals surface area contributed by atoms with Crippen LogP contribution in [0.15, 0.2) is 53.7 Å². The Morgan fingerprint density at radius 2 is 1.79 bits per heavy atom. The normalized spacial score (nSPS) is 15.1. The Morgan fingerprint density at radius 1 is 1.09 bits per heavy atom. The number of nitrogens with zero attached hydrogens (tertiary/aromatic N) is 1. The van der Waals surface area contributed by atoms with Gasteiger partial charge in [-0.15, -0.1) is 0 Å². The van der Waals surface area contributed by atoms with Gasteiger partial charge in [0.25, 0.3) is 5.69 Å². The van der Waals surface area contributed by atoms with Gasteiger partial charge >= 0.3 is 18.0 Å². The minimum absolute atomic E-state index is 0.00618. The number of nitro benzene ring substituents is 1. The van der Waals surface area contributed by atoms with Gasteiger partial charge in [0.1, 0.15) is 17.9 Å². The summed E-state index contributed by atoms with van der Waals surface area (Å²) in [6.07, 6.45) is 0. The Balaban J connectivity index is 1.96.